The molecule has 1 heterocycles. The van der Waals surface area contributed by atoms with E-state index >= 15 is 0 Å². The molecule has 1 aromatic rings. The zero-order valence-corrected chi connectivity index (χ0v) is 13.4. The van der Waals surface area contributed by atoms with Crippen LogP contribution in [0.2, 0.25) is 0 Å². The number of hydrogen-bond donors (Lipinski definition) is 2. The van der Waals surface area contributed by atoms with Crippen molar-refractivity contribution < 1.29 is 4.79 Å². The third-order valence-corrected chi connectivity index (χ3v) is 2.63. The summed E-state index contributed by atoms with van der Waals surface area (Å²) >= 11 is 0. The summed E-state index contributed by atoms with van der Waals surface area (Å²) in [6, 6.07) is 1.44. The molecule has 2 N–H and O–H groups in total. The number of aromatic nitrogens is 2. The highest BCUT2D eigenvalue weighted by Gasteiger charge is 2.14. The fraction of sp³-hybridized carbons (Fsp3) is 0.375. The summed E-state index contributed by atoms with van der Waals surface area (Å²) < 4.78 is 1.81. The van der Waals surface area contributed by atoms with Crippen LogP contribution in [0.4, 0.5) is 10.6 Å². The van der Waals surface area contributed by atoms with E-state index in [4.69, 9.17) is 0 Å². The summed E-state index contributed by atoms with van der Waals surface area (Å²) in [5.74, 6) is 0.516. The number of allylic oxidation sites excluding steroid dienone is 4. The molecule has 1 aromatic heterocycles. The molecule has 0 bridgehead atoms. The molecule has 0 radical (unpaired) electrons. The molecule has 0 aromatic carbocycles. The molecule has 5 heteroatoms. The largest absolute Gasteiger partial charge is 0.324 e. The highest BCUT2D eigenvalue weighted by atomic mass is 16.2. The number of anilines is 1. The second kappa shape index (κ2) is 6.92. The van der Waals surface area contributed by atoms with Crippen LogP contribution in [0.5, 0.6) is 0 Å². The predicted octanol–water partition coefficient (Wildman–Crippen LogP) is 3.80. The summed E-state index contributed by atoms with van der Waals surface area (Å²) in [4.78, 5) is 11.9. The van der Waals surface area contributed by atoms with E-state index in [1.807, 2.05) is 53.0 Å². The molecule has 0 aliphatic rings. The van der Waals surface area contributed by atoms with Gasteiger partial charge in [-0.25, -0.2) is 4.79 Å². The molecule has 0 saturated heterocycles. The summed E-state index contributed by atoms with van der Waals surface area (Å²) in [5, 5.41) is 9.78. The van der Waals surface area contributed by atoms with Gasteiger partial charge in [0.2, 0.25) is 0 Å². The number of rotatable bonds is 4. The Labute approximate surface area is 126 Å². The first-order valence-electron chi connectivity index (χ1n) is 6.86. The van der Waals surface area contributed by atoms with Gasteiger partial charge in [-0.05, 0) is 40.7 Å². The second-order valence-corrected chi connectivity index (χ2v) is 5.82. The van der Waals surface area contributed by atoms with Crippen molar-refractivity contribution in [2.45, 2.75) is 40.2 Å². The number of nitrogens with one attached hydrogen (secondary N) is 2. The third-order valence-electron chi connectivity index (χ3n) is 2.63. The Morgan fingerprint density at radius 1 is 1.38 bits per heavy atom. The van der Waals surface area contributed by atoms with Crippen molar-refractivity contribution in [2.75, 3.05) is 5.32 Å². The third kappa shape index (κ3) is 5.69. The Hall–Kier alpha value is -2.30. The molecule has 2 amide bonds. The quantitative estimate of drug-likeness (QED) is 0.828. The van der Waals surface area contributed by atoms with Crippen molar-refractivity contribution in [1.82, 2.24) is 15.1 Å². The Morgan fingerprint density at radius 3 is 2.52 bits per heavy atom. The zero-order chi connectivity index (χ0) is 16.0. The normalized spacial score (nSPS) is 12.5. The van der Waals surface area contributed by atoms with Crippen LogP contribution in [0, 0.1) is 0 Å². The van der Waals surface area contributed by atoms with E-state index in [1.54, 1.807) is 16.8 Å². The SMILES string of the molecule is C=C(C)/C=C\C(=C/C)NC(=O)Nc1ccn(C(C)(C)C)n1. The van der Waals surface area contributed by atoms with Gasteiger partial charge in [-0.1, -0.05) is 24.3 Å². The second-order valence-electron chi connectivity index (χ2n) is 5.82. The highest BCUT2D eigenvalue weighted by molar-refractivity contribution is 5.89. The topological polar surface area (TPSA) is 59.0 Å². The van der Waals surface area contributed by atoms with Gasteiger partial charge < -0.3 is 5.32 Å². The Bertz CT molecular complexity index is 573. The van der Waals surface area contributed by atoms with E-state index < -0.39 is 0 Å². The fourth-order valence-electron chi connectivity index (χ4n) is 1.48. The van der Waals surface area contributed by atoms with E-state index in [1.165, 1.54) is 0 Å². The van der Waals surface area contributed by atoms with Crippen molar-refractivity contribution in [3.63, 3.8) is 0 Å². The van der Waals surface area contributed by atoms with Crippen molar-refractivity contribution in [1.29, 1.82) is 0 Å². The lowest BCUT2D eigenvalue weighted by Crippen LogP contribution is -2.28. The molecule has 114 valence electrons. The lowest BCUT2D eigenvalue weighted by molar-refractivity contribution is 0.254. The van der Waals surface area contributed by atoms with Gasteiger partial charge in [-0.15, -0.1) is 0 Å². The summed E-state index contributed by atoms with van der Waals surface area (Å²) in [7, 11) is 0. The van der Waals surface area contributed by atoms with E-state index in [0.717, 1.165) is 5.57 Å². The van der Waals surface area contributed by atoms with Crippen LogP contribution >= 0.6 is 0 Å². The summed E-state index contributed by atoms with van der Waals surface area (Å²) in [5.41, 5.74) is 1.50. The van der Waals surface area contributed by atoms with Crippen LogP contribution < -0.4 is 10.6 Å². The van der Waals surface area contributed by atoms with Crippen molar-refractivity contribution in [3.8, 4) is 0 Å². The van der Waals surface area contributed by atoms with Gasteiger partial charge in [0.25, 0.3) is 0 Å². The van der Waals surface area contributed by atoms with Crippen LogP contribution in [0.25, 0.3) is 0 Å². The minimum Gasteiger partial charge on any atom is -0.308 e. The molecule has 0 aliphatic carbocycles. The average molecular weight is 288 g/mol. The van der Waals surface area contributed by atoms with Crippen LogP contribution in [0.1, 0.15) is 34.6 Å². The van der Waals surface area contributed by atoms with Gasteiger partial charge in [-0.2, -0.15) is 5.10 Å². The molecule has 5 nitrogen and oxygen atoms in total. The van der Waals surface area contributed by atoms with E-state index in [0.29, 0.717) is 11.5 Å². The molecular formula is C16H24N4O. The fourth-order valence-corrected chi connectivity index (χ4v) is 1.48. The summed E-state index contributed by atoms with van der Waals surface area (Å²) in [6.45, 7) is 13.7. The minimum absolute atomic E-state index is 0.116. The molecular weight excluding hydrogens is 264 g/mol. The number of hydrogen-bond acceptors (Lipinski definition) is 2. The zero-order valence-electron chi connectivity index (χ0n) is 13.4. The first kappa shape index (κ1) is 16.8. The Morgan fingerprint density at radius 2 is 2.05 bits per heavy atom. The molecule has 0 unspecified atom stereocenters. The maximum absolute atomic E-state index is 11.9. The number of nitrogens with zero attached hydrogens (tertiary/aromatic N) is 2. The first-order chi connectivity index (χ1) is 9.72. The molecule has 0 fully saturated rings. The van der Waals surface area contributed by atoms with Gasteiger partial charge in [0.1, 0.15) is 0 Å². The van der Waals surface area contributed by atoms with Crippen LogP contribution in [0.15, 0.2) is 48.3 Å². The van der Waals surface area contributed by atoms with Crippen LogP contribution in [-0.4, -0.2) is 15.8 Å². The summed E-state index contributed by atoms with van der Waals surface area (Å²) in [6.07, 6.45) is 7.29. The van der Waals surface area contributed by atoms with Gasteiger partial charge >= 0.3 is 6.03 Å². The van der Waals surface area contributed by atoms with Gasteiger partial charge in [0, 0.05) is 18.0 Å². The molecule has 0 aliphatic heterocycles. The van der Waals surface area contributed by atoms with Crippen LogP contribution in [-0.2, 0) is 5.54 Å². The van der Waals surface area contributed by atoms with E-state index in [9.17, 15) is 4.79 Å². The maximum Gasteiger partial charge on any atom is 0.324 e. The predicted molar refractivity (Wildman–Crippen MR) is 87.1 cm³/mol. The van der Waals surface area contributed by atoms with E-state index in [2.05, 4.69) is 22.3 Å². The Balaban J connectivity index is 2.65. The molecule has 0 spiro atoms. The van der Waals surface area contributed by atoms with E-state index in [-0.39, 0.29) is 11.6 Å². The first-order valence-corrected chi connectivity index (χ1v) is 6.86. The molecule has 0 atom stereocenters. The minimum atomic E-state index is -0.325. The maximum atomic E-state index is 11.9. The lowest BCUT2D eigenvalue weighted by Gasteiger charge is -2.18. The van der Waals surface area contributed by atoms with Crippen molar-refractivity contribution >= 4 is 11.8 Å². The van der Waals surface area contributed by atoms with Gasteiger partial charge in [0.05, 0.1) is 5.54 Å². The van der Waals surface area contributed by atoms with Crippen molar-refractivity contribution in [3.05, 3.63) is 48.3 Å². The molecule has 21 heavy (non-hydrogen) atoms. The molecule has 0 saturated carbocycles. The van der Waals surface area contributed by atoms with Crippen molar-refractivity contribution in [2.24, 2.45) is 0 Å². The molecule has 1 rings (SSSR count). The van der Waals surface area contributed by atoms with Gasteiger partial charge in [-0.3, -0.25) is 10.00 Å². The number of amides is 2. The number of carbonyl (C=O) groups excluding carboxylic acids is 1. The monoisotopic (exact) mass is 288 g/mol. The Kier molecular flexibility index (Phi) is 5.52. The van der Waals surface area contributed by atoms with Gasteiger partial charge in [0.15, 0.2) is 5.82 Å². The smallest absolute Gasteiger partial charge is 0.308 e. The lowest BCUT2D eigenvalue weighted by atomic mass is 10.1. The standard InChI is InChI=1S/C16H24N4O/c1-7-13(9-8-12(2)3)17-15(21)18-14-10-11-20(19-14)16(4,5)6/h7-11H,2H2,1,3-6H3,(H2,17,18,19,21)/b9-8-,13-7+. The highest BCUT2D eigenvalue weighted by Crippen LogP contribution is 2.14. The number of urea groups is 1. The number of carbonyl (C=O) groups is 1. The average Bonchev–Trinajstić information content (AvgIpc) is 2.82. The van der Waals surface area contributed by atoms with Crippen LogP contribution in [0.3, 0.4) is 0 Å².